The summed E-state index contributed by atoms with van der Waals surface area (Å²) in [6.45, 7) is 3.92. The molecule has 17 heavy (non-hydrogen) atoms. The van der Waals surface area contributed by atoms with Crippen LogP contribution in [0.25, 0.3) is 0 Å². The van der Waals surface area contributed by atoms with Crippen LogP contribution in [0.15, 0.2) is 12.1 Å². The summed E-state index contributed by atoms with van der Waals surface area (Å²) in [5.41, 5.74) is 2.84. The van der Waals surface area contributed by atoms with E-state index in [1.54, 1.807) is 7.11 Å². The first kappa shape index (κ1) is 14.2. The van der Waals surface area contributed by atoms with Crippen LogP contribution in [0.5, 0.6) is 5.75 Å². The molecule has 0 spiro atoms. The number of rotatable bonds is 6. The number of hydrogen-bond acceptors (Lipinski definition) is 2. The fraction of sp³-hybridized carbons (Fsp3) is 0.500. The Hall–Kier alpha value is -0.830. The predicted molar refractivity (Wildman–Crippen MR) is 74.4 cm³/mol. The monoisotopic (exact) mass is 298 g/mol. The van der Waals surface area contributed by atoms with Crippen LogP contribution in [-0.4, -0.2) is 18.2 Å². The van der Waals surface area contributed by atoms with E-state index in [9.17, 15) is 4.79 Å². The molecule has 0 radical (unpaired) electrons. The van der Waals surface area contributed by atoms with Gasteiger partial charge in [-0.1, -0.05) is 15.9 Å². The van der Waals surface area contributed by atoms with E-state index in [0.29, 0.717) is 6.42 Å². The summed E-state index contributed by atoms with van der Waals surface area (Å²) in [5.74, 6) is 1.08. The highest BCUT2D eigenvalue weighted by atomic mass is 79.9. The van der Waals surface area contributed by atoms with Crippen molar-refractivity contribution in [3.05, 3.63) is 28.8 Å². The lowest BCUT2D eigenvalue weighted by Gasteiger charge is -2.10. The topological polar surface area (TPSA) is 26.3 Å². The van der Waals surface area contributed by atoms with Gasteiger partial charge in [0.15, 0.2) is 5.78 Å². The zero-order valence-electron chi connectivity index (χ0n) is 10.7. The van der Waals surface area contributed by atoms with E-state index >= 15 is 0 Å². The zero-order chi connectivity index (χ0) is 12.8. The fourth-order valence-electron chi connectivity index (χ4n) is 1.82. The minimum atomic E-state index is 0.231. The number of methoxy groups -OCH3 is 1. The zero-order valence-corrected chi connectivity index (χ0v) is 12.3. The van der Waals surface area contributed by atoms with E-state index in [-0.39, 0.29) is 5.78 Å². The predicted octanol–water partition coefficient (Wildman–Crippen LogP) is 4.06. The quantitative estimate of drug-likeness (QED) is 0.450. The Kier molecular flexibility index (Phi) is 5.69. The highest BCUT2D eigenvalue weighted by Gasteiger charge is 2.11. The highest BCUT2D eigenvalue weighted by Crippen LogP contribution is 2.23. The molecule has 1 rings (SSSR count). The molecular formula is C14H19BrO2. The first-order valence-corrected chi connectivity index (χ1v) is 6.96. The van der Waals surface area contributed by atoms with E-state index < -0.39 is 0 Å². The average Bonchev–Trinajstić information content (AvgIpc) is 2.31. The summed E-state index contributed by atoms with van der Waals surface area (Å²) in [6.07, 6.45) is 2.60. The number of carbonyl (C=O) groups is 1. The first-order chi connectivity index (χ1) is 8.10. The van der Waals surface area contributed by atoms with Crippen molar-refractivity contribution in [1.29, 1.82) is 0 Å². The summed E-state index contributed by atoms with van der Waals surface area (Å²) in [4.78, 5) is 12.0. The number of unbranched alkanes of at least 4 members (excludes halogenated alkanes) is 1. The Labute approximate surface area is 111 Å². The van der Waals surface area contributed by atoms with Crippen LogP contribution in [-0.2, 0) is 0 Å². The van der Waals surface area contributed by atoms with E-state index in [2.05, 4.69) is 15.9 Å². The molecule has 0 atom stereocenters. The van der Waals surface area contributed by atoms with Crippen LogP contribution in [0.3, 0.4) is 0 Å². The van der Waals surface area contributed by atoms with Crippen molar-refractivity contribution >= 4 is 21.7 Å². The summed E-state index contributed by atoms with van der Waals surface area (Å²) in [6, 6.07) is 3.87. The van der Waals surface area contributed by atoms with Crippen LogP contribution in [0.2, 0.25) is 0 Å². The van der Waals surface area contributed by atoms with E-state index in [1.165, 1.54) is 0 Å². The number of aryl methyl sites for hydroxylation is 2. The van der Waals surface area contributed by atoms with Gasteiger partial charge in [-0.3, -0.25) is 4.79 Å². The number of alkyl halides is 1. The maximum atomic E-state index is 12.0. The molecule has 1 aromatic rings. The van der Waals surface area contributed by atoms with Crippen LogP contribution in [0.1, 0.15) is 40.7 Å². The Bertz CT molecular complexity index is 399. The number of ketones is 1. The minimum Gasteiger partial charge on any atom is -0.496 e. The van der Waals surface area contributed by atoms with Gasteiger partial charge in [-0.2, -0.15) is 0 Å². The third-order valence-corrected chi connectivity index (χ3v) is 3.39. The third kappa shape index (κ3) is 3.84. The molecule has 0 saturated heterocycles. The smallest absolute Gasteiger partial charge is 0.163 e. The van der Waals surface area contributed by atoms with Gasteiger partial charge in [-0.25, -0.2) is 0 Å². The van der Waals surface area contributed by atoms with Gasteiger partial charge in [0.05, 0.1) is 7.11 Å². The van der Waals surface area contributed by atoms with Crippen molar-refractivity contribution in [1.82, 2.24) is 0 Å². The normalized spacial score (nSPS) is 10.4. The highest BCUT2D eigenvalue weighted by molar-refractivity contribution is 9.09. The maximum Gasteiger partial charge on any atom is 0.163 e. The molecule has 1 aromatic carbocycles. The van der Waals surface area contributed by atoms with Crippen LogP contribution < -0.4 is 4.74 Å². The lowest BCUT2D eigenvalue weighted by atomic mass is 9.98. The third-order valence-electron chi connectivity index (χ3n) is 2.83. The van der Waals surface area contributed by atoms with Gasteiger partial charge in [0.1, 0.15) is 5.75 Å². The molecule has 3 heteroatoms. The van der Waals surface area contributed by atoms with Crippen molar-refractivity contribution in [2.75, 3.05) is 12.4 Å². The molecule has 2 nitrogen and oxygen atoms in total. The Balaban J connectivity index is 2.83. The molecule has 0 N–H and O–H groups in total. The second-order valence-corrected chi connectivity index (χ2v) is 5.00. The fourth-order valence-corrected chi connectivity index (χ4v) is 2.22. The molecule has 0 saturated carbocycles. The van der Waals surface area contributed by atoms with Crippen LogP contribution in [0.4, 0.5) is 0 Å². The molecule has 0 aliphatic rings. The number of halogens is 1. The SMILES string of the molecule is COc1cc(C)c(C(=O)CCCCBr)cc1C. The summed E-state index contributed by atoms with van der Waals surface area (Å²) in [5, 5.41) is 0.959. The summed E-state index contributed by atoms with van der Waals surface area (Å²) in [7, 11) is 1.65. The second-order valence-electron chi connectivity index (χ2n) is 4.21. The van der Waals surface area contributed by atoms with E-state index in [1.807, 2.05) is 26.0 Å². The molecule has 0 aliphatic carbocycles. The molecule has 0 fully saturated rings. The van der Waals surface area contributed by atoms with Crippen molar-refractivity contribution in [3.8, 4) is 5.75 Å². The van der Waals surface area contributed by atoms with Gasteiger partial charge in [-0.15, -0.1) is 0 Å². The van der Waals surface area contributed by atoms with Crippen LogP contribution >= 0.6 is 15.9 Å². The molecule has 0 aliphatic heterocycles. The van der Waals surface area contributed by atoms with Gasteiger partial charge >= 0.3 is 0 Å². The van der Waals surface area contributed by atoms with Gasteiger partial charge in [-0.05, 0) is 49.9 Å². The largest absolute Gasteiger partial charge is 0.496 e. The number of hydrogen-bond donors (Lipinski definition) is 0. The minimum absolute atomic E-state index is 0.231. The Morgan fingerprint density at radius 3 is 2.53 bits per heavy atom. The molecule has 0 unspecified atom stereocenters. The average molecular weight is 299 g/mol. The van der Waals surface area contributed by atoms with E-state index in [0.717, 1.165) is 40.6 Å². The lowest BCUT2D eigenvalue weighted by Crippen LogP contribution is -2.03. The standard InChI is InChI=1S/C14H19BrO2/c1-10-9-14(17-3)11(2)8-12(10)13(16)6-4-5-7-15/h8-9H,4-7H2,1-3H3. The molecule has 94 valence electrons. The number of ether oxygens (including phenoxy) is 1. The summed E-state index contributed by atoms with van der Waals surface area (Å²) >= 11 is 3.37. The van der Waals surface area contributed by atoms with E-state index in [4.69, 9.17) is 4.74 Å². The maximum absolute atomic E-state index is 12.0. The first-order valence-electron chi connectivity index (χ1n) is 5.84. The molecule has 0 heterocycles. The molecule has 0 bridgehead atoms. The number of carbonyl (C=O) groups excluding carboxylic acids is 1. The van der Waals surface area contributed by atoms with Crippen molar-refractivity contribution in [2.24, 2.45) is 0 Å². The molecule has 0 amide bonds. The van der Waals surface area contributed by atoms with Gasteiger partial charge in [0.25, 0.3) is 0 Å². The lowest BCUT2D eigenvalue weighted by molar-refractivity contribution is 0.0979. The van der Waals surface area contributed by atoms with Crippen LogP contribution in [0, 0.1) is 13.8 Å². The van der Waals surface area contributed by atoms with Gasteiger partial charge in [0.2, 0.25) is 0 Å². The molecular weight excluding hydrogens is 280 g/mol. The van der Waals surface area contributed by atoms with Gasteiger partial charge in [0, 0.05) is 17.3 Å². The van der Waals surface area contributed by atoms with Crippen molar-refractivity contribution < 1.29 is 9.53 Å². The number of benzene rings is 1. The van der Waals surface area contributed by atoms with Crippen molar-refractivity contribution in [2.45, 2.75) is 33.1 Å². The Morgan fingerprint density at radius 2 is 1.94 bits per heavy atom. The number of Topliss-reactive ketones (excluding diaryl/α,β-unsaturated/α-hetero) is 1. The second kappa shape index (κ2) is 6.80. The van der Waals surface area contributed by atoms with Gasteiger partial charge < -0.3 is 4.74 Å². The Morgan fingerprint density at radius 1 is 1.24 bits per heavy atom. The molecule has 0 aromatic heterocycles. The van der Waals surface area contributed by atoms with Crippen molar-refractivity contribution in [3.63, 3.8) is 0 Å². The summed E-state index contributed by atoms with van der Waals surface area (Å²) < 4.78 is 5.24.